The van der Waals surface area contributed by atoms with Crippen LogP contribution in [-0.4, -0.2) is 19.2 Å². The Morgan fingerprint density at radius 3 is 3.23 bits per heavy atom. The lowest BCUT2D eigenvalue weighted by atomic mass is 10.3. The summed E-state index contributed by atoms with van der Waals surface area (Å²) in [4.78, 5) is 1.29. The van der Waals surface area contributed by atoms with Gasteiger partial charge in [0.15, 0.2) is 0 Å². The van der Waals surface area contributed by atoms with Crippen molar-refractivity contribution in [2.75, 3.05) is 13.1 Å². The molecule has 0 aromatic carbocycles. The van der Waals surface area contributed by atoms with E-state index in [1.165, 1.54) is 4.88 Å². The van der Waals surface area contributed by atoms with Gasteiger partial charge in [-0.2, -0.15) is 0 Å². The summed E-state index contributed by atoms with van der Waals surface area (Å²) in [6.45, 7) is 2.86. The monoisotopic (exact) mass is 261 g/mol. The molecule has 4 heteroatoms. The Morgan fingerprint density at radius 1 is 1.69 bits per heavy atom. The van der Waals surface area contributed by atoms with Gasteiger partial charge in [0.2, 0.25) is 0 Å². The van der Waals surface area contributed by atoms with Crippen LogP contribution in [0.2, 0.25) is 0 Å². The lowest BCUT2D eigenvalue weighted by molar-refractivity contribution is 0.0559. The van der Waals surface area contributed by atoms with E-state index in [0.717, 1.165) is 30.6 Å². The second-order valence-corrected chi connectivity index (χ2v) is 5.07. The first kappa shape index (κ1) is 9.65. The topological polar surface area (TPSA) is 21.3 Å². The van der Waals surface area contributed by atoms with Gasteiger partial charge >= 0.3 is 0 Å². The molecule has 0 amide bonds. The van der Waals surface area contributed by atoms with Crippen LogP contribution in [0.5, 0.6) is 0 Å². The fourth-order valence-corrected chi connectivity index (χ4v) is 2.77. The lowest BCUT2D eigenvalue weighted by Gasteiger charge is -2.08. The Morgan fingerprint density at radius 2 is 2.62 bits per heavy atom. The molecule has 1 aromatic heterocycles. The van der Waals surface area contributed by atoms with E-state index in [1.54, 1.807) is 11.3 Å². The average molecular weight is 262 g/mol. The minimum absolute atomic E-state index is 0.417. The average Bonchev–Trinajstić information content (AvgIpc) is 2.71. The molecule has 0 spiro atoms. The number of rotatable bonds is 3. The molecule has 2 nitrogen and oxygen atoms in total. The molecule has 1 aliphatic rings. The zero-order valence-corrected chi connectivity index (χ0v) is 9.66. The third-order valence-electron chi connectivity index (χ3n) is 2.10. The highest BCUT2D eigenvalue weighted by Crippen LogP contribution is 2.21. The van der Waals surface area contributed by atoms with Crippen molar-refractivity contribution >= 4 is 27.3 Å². The number of hydrogen-bond donors (Lipinski definition) is 1. The summed E-state index contributed by atoms with van der Waals surface area (Å²) in [7, 11) is 0. The van der Waals surface area contributed by atoms with Gasteiger partial charge in [-0.15, -0.1) is 11.3 Å². The van der Waals surface area contributed by atoms with Crippen LogP contribution in [-0.2, 0) is 11.3 Å². The fourth-order valence-electron chi connectivity index (χ4n) is 1.40. The first-order chi connectivity index (χ1) is 6.34. The normalized spacial score (nSPS) is 22.4. The molecule has 1 aromatic rings. The number of ether oxygens (including phenoxy) is 1. The zero-order valence-electron chi connectivity index (χ0n) is 7.25. The molecule has 0 bridgehead atoms. The van der Waals surface area contributed by atoms with E-state index in [4.69, 9.17) is 4.74 Å². The summed E-state index contributed by atoms with van der Waals surface area (Å²) < 4.78 is 6.88. The standard InChI is InChI=1S/C9H12BrNOS/c10-7-3-9(13-6-7)5-12-8-1-2-11-4-8/h3,6,8,11H,1-2,4-5H2. The molecule has 0 saturated carbocycles. The van der Waals surface area contributed by atoms with Gasteiger partial charge < -0.3 is 10.1 Å². The number of hydrogen-bond acceptors (Lipinski definition) is 3. The van der Waals surface area contributed by atoms with E-state index in [0.29, 0.717) is 6.10 Å². The second kappa shape index (κ2) is 4.55. The molecule has 0 aliphatic carbocycles. The Kier molecular flexibility index (Phi) is 3.38. The zero-order chi connectivity index (χ0) is 9.10. The first-order valence-electron chi connectivity index (χ1n) is 4.40. The van der Waals surface area contributed by atoms with Crippen LogP contribution in [0.4, 0.5) is 0 Å². The molecule has 2 rings (SSSR count). The van der Waals surface area contributed by atoms with Crippen LogP contribution >= 0.6 is 27.3 Å². The second-order valence-electron chi connectivity index (χ2n) is 3.16. The molecule has 1 atom stereocenters. The summed E-state index contributed by atoms with van der Waals surface area (Å²) in [5.74, 6) is 0. The highest BCUT2D eigenvalue weighted by atomic mass is 79.9. The van der Waals surface area contributed by atoms with Crippen molar-refractivity contribution in [3.05, 3.63) is 20.8 Å². The molecule has 72 valence electrons. The van der Waals surface area contributed by atoms with Crippen molar-refractivity contribution in [3.8, 4) is 0 Å². The molecule has 1 unspecified atom stereocenters. The van der Waals surface area contributed by atoms with E-state index in [1.807, 2.05) is 0 Å². The minimum Gasteiger partial charge on any atom is -0.371 e. The molecule has 1 saturated heterocycles. The van der Waals surface area contributed by atoms with Gasteiger partial charge in [-0.3, -0.25) is 0 Å². The minimum atomic E-state index is 0.417. The van der Waals surface area contributed by atoms with Gasteiger partial charge in [-0.25, -0.2) is 0 Å². The highest BCUT2D eigenvalue weighted by molar-refractivity contribution is 9.10. The quantitative estimate of drug-likeness (QED) is 0.903. The van der Waals surface area contributed by atoms with Crippen molar-refractivity contribution in [1.29, 1.82) is 0 Å². The molecular weight excluding hydrogens is 250 g/mol. The largest absolute Gasteiger partial charge is 0.371 e. The summed E-state index contributed by atoms with van der Waals surface area (Å²) >= 11 is 5.17. The van der Waals surface area contributed by atoms with Gasteiger partial charge in [0, 0.05) is 21.3 Å². The molecular formula is C9H12BrNOS. The Bertz CT molecular complexity index is 270. The van der Waals surface area contributed by atoms with Crippen molar-refractivity contribution in [1.82, 2.24) is 5.32 Å². The summed E-state index contributed by atoms with van der Waals surface area (Å²) in [6, 6.07) is 2.12. The SMILES string of the molecule is Brc1csc(COC2CCNC2)c1. The van der Waals surface area contributed by atoms with Gasteiger partial charge in [-0.05, 0) is 35.0 Å². The van der Waals surface area contributed by atoms with Gasteiger partial charge in [0.25, 0.3) is 0 Å². The van der Waals surface area contributed by atoms with E-state index < -0.39 is 0 Å². The number of nitrogens with one attached hydrogen (secondary N) is 1. The third-order valence-corrected chi connectivity index (χ3v) is 3.77. The maximum absolute atomic E-state index is 5.73. The molecule has 1 aliphatic heterocycles. The Hall–Kier alpha value is 0.1000. The Labute approximate surface area is 90.4 Å². The van der Waals surface area contributed by atoms with Crippen molar-refractivity contribution < 1.29 is 4.74 Å². The van der Waals surface area contributed by atoms with E-state index >= 15 is 0 Å². The Balaban J connectivity index is 1.78. The van der Waals surface area contributed by atoms with Crippen molar-refractivity contribution in [2.24, 2.45) is 0 Å². The smallest absolute Gasteiger partial charge is 0.0814 e. The maximum atomic E-state index is 5.73. The van der Waals surface area contributed by atoms with Crippen LogP contribution in [0.25, 0.3) is 0 Å². The van der Waals surface area contributed by atoms with Gasteiger partial charge in [0.05, 0.1) is 12.7 Å². The number of thiophene rings is 1. The first-order valence-corrected chi connectivity index (χ1v) is 6.07. The van der Waals surface area contributed by atoms with Gasteiger partial charge in [-0.1, -0.05) is 0 Å². The van der Waals surface area contributed by atoms with E-state index in [9.17, 15) is 0 Å². The van der Waals surface area contributed by atoms with E-state index in [2.05, 4.69) is 32.7 Å². The van der Waals surface area contributed by atoms with Crippen LogP contribution < -0.4 is 5.32 Å². The lowest BCUT2D eigenvalue weighted by Crippen LogP contribution is -2.16. The maximum Gasteiger partial charge on any atom is 0.0814 e. The highest BCUT2D eigenvalue weighted by Gasteiger charge is 2.14. The van der Waals surface area contributed by atoms with Crippen LogP contribution in [0, 0.1) is 0 Å². The number of halogens is 1. The molecule has 1 fully saturated rings. The molecule has 0 radical (unpaired) electrons. The summed E-state index contributed by atoms with van der Waals surface area (Å²) in [5.41, 5.74) is 0. The van der Waals surface area contributed by atoms with Crippen molar-refractivity contribution in [2.45, 2.75) is 19.1 Å². The van der Waals surface area contributed by atoms with E-state index in [-0.39, 0.29) is 0 Å². The molecule has 1 N–H and O–H groups in total. The van der Waals surface area contributed by atoms with Crippen LogP contribution in [0.3, 0.4) is 0 Å². The third kappa shape index (κ3) is 2.77. The molecule has 2 heterocycles. The molecule has 13 heavy (non-hydrogen) atoms. The summed E-state index contributed by atoms with van der Waals surface area (Å²) in [6.07, 6.45) is 1.56. The predicted molar refractivity (Wildman–Crippen MR) is 58.1 cm³/mol. The summed E-state index contributed by atoms with van der Waals surface area (Å²) in [5, 5.41) is 5.37. The van der Waals surface area contributed by atoms with Crippen molar-refractivity contribution in [3.63, 3.8) is 0 Å². The predicted octanol–water partition coefficient (Wildman–Crippen LogP) is 2.39. The van der Waals surface area contributed by atoms with Crippen LogP contribution in [0.15, 0.2) is 15.9 Å². The fraction of sp³-hybridized carbons (Fsp3) is 0.556. The van der Waals surface area contributed by atoms with Gasteiger partial charge in [0.1, 0.15) is 0 Å². The van der Waals surface area contributed by atoms with Crippen LogP contribution in [0.1, 0.15) is 11.3 Å².